The molecule has 8 heteroatoms. The molecule has 1 amide bonds. The summed E-state index contributed by atoms with van der Waals surface area (Å²) in [6.07, 6.45) is 5.46. The molecule has 1 unspecified atom stereocenters. The molecule has 1 aromatic rings. The van der Waals surface area contributed by atoms with Crippen LogP contribution in [0.3, 0.4) is 0 Å². The lowest BCUT2D eigenvalue weighted by molar-refractivity contribution is -0.120. The number of nitrogens with two attached hydrogens (primary N) is 1. The van der Waals surface area contributed by atoms with Gasteiger partial charge in [0.1, 0.15) is 0 Å². The van der Waals surface area contributed by atoms with E-state index in [2.05, 4.69) is 20.2 Å². The van der Waals surface area contributed by atoms with Gasteiger partial charge in [-0.25, -0.2) is 9.97 Å². The van der Waals surface area contributed by atoms with Crippen LogP contribution >= 0.6 is 24.8 Å². The van der Waals surface area contributed by atoms with Gasteiger partial charge in [0.15, 0.2) is 0 Å². The molecule has 2 heterocycles. The van der Waals surface area contributed by atoms with Gasteiger partial charge in [0, 0.05) is 31.5 Å². The van der Waals surface area contributed by atoms with Crippen LogP contribution in [0.2, 0.25) is 0 Å². The monoisotopic (exact) mass is 307 g/mol. The third-order valence-electron chi connectivity index (χ3n) is 2.81. The largest absolute Gasteiger partial charge is 0.350 e. The van der Waals surface area contributed by atoms with E-state index in [1.165, 1.54) is 0 Å². The third-order valence-corrected chi connectivity index (χ3v) is 2.81. The van der Waals surface area contributed by atoms with Gasteiger partial charge in [-0.3, -0.25) is 4.79 Å². The number of carbonyl (C=O) groups is 1. The first-order chi connectivity index (χ1) is 8.29. The Kier molecular flexibility index (Phi) is 8.38. The summed E-state index contributed by atoms with van der Waals surface area (Å²) in [6.45, 7) is 1.72. The Morgan fingerprint density at radius 2 is 2.11 bits per heavy atom. The van der Waals surface area contributed by atoms with Crippen LogP contribution in [0.25, 0.3) is 0 Å². The molecule has 0 aromatic carbocycles. The second-order valence-corrected chi connectivity index (χ2v) is 4.11. The fraction of sp³-hybridized carbons (Fsp3) is 0.545. The smallest absolute Gasteiger partial charge is 0.234 e. The van der Waals surface area contributed by atoms with Crippen molar-refractivity contribution in [3.63, 3.8) is 0 Å². The van der Waals surface area contributed by atoms with Crippen LogP contribution in [0.5, 0.6) is 0 Å². The zero-order valence-electron chi connectivity index (χ0n) is 10.5. The number of aromatic nitrogens is 2. The summed E-state index contributed by atoms with van der Waals surface area (Å²) in [5.74, 6) is 0.616. The number of halogens is 2. The quantitative estimate of drug-likeness (QED) is 0.842. The SMILES string of the molecule is Cl.Cl.NCC(=O)NC1CCCN(c2ncccn2)C1. The number of nitrogens with one attached hydrogen (secondary N) is 1. The Bertz CT molecular complexity index is 379. The third kappa shape index (κ3) is 5.18. The van der Waals surface area contributed by atoms with Gasteiger partial charge in [-0.05, 0) is 18.9 Å². The lowest BCUT2D eigenvalue weighted by Gasteiger charge is -2.32. The van der Waals surface area contributed by atoms with Crippen LogP contribution in [0.1, 0.15) is 12.8 Å². The van der Waals surface area contributed by atoms with Crippen molar-refractivity contribution in [2.75, 3.05) is 24.5 Å². The first-order valence-corrected chi connectivity index (χ1v) is 5.81. The molecule has 3 N–H and O–H groups in total. The summed E-state index contributed by atoms with van der Waals surface area (Å²) in [5.41, 5.74) is 5.28. The highest BCUT2D eigenvalue weighted by Gasteiger charge is 2.22. The normalized spacial score (nSPS) is 17.9. The molecule has 0 radical (unpaired) electrons. The topological polar surface area (TPSA) is 84.1 Å². The van der Waals surface area contributed by atoms with Gasteiger partial charge in [-0.2, -0.15) is 0 Å². The first-order valence-electron chi connectivity index (χ1n) is 5.81. The highest BCUT2D eigenvalue weighted by molar-refractivity contribution is 5.85. The maximum absolute atomic E-state index is 11.2. The summed E-state index contributed by atoms with van der Waals surface area (Å²) in [4.78, 5) is 21.8. The minimum absolute atomic E-state index is 0. The molecule has 1 saturated heterocycles. The summed E-state index contributed by atoms with van der Waals surface area (Å²) in [7, 11) is 0. The number of rotatable bonds is 3. The first kappa shape index (κ1) is 17.9. The van der Waals surface area contributed by atoms with E-state index in [9.17, 15) is 4.79 Å². The van der Waals surface area contributed by atoms with E-state index in [0.717, 1.165) is 31.9 Å². The Hall–Kier alpha value is -1.11. The maximum Gasteiger partial charge on any atom is 0.234 e. The minimum atomic E-state index is -0.106. The molecule has 1 aliphatic heterocycles. The number of piperidine rings is 1. The van der Waals surface area contributed by atoms with Crippen LogP contribution in [0.15, 0.2) is 18.5 Å². The fourth-order valence-electron chi connectivity index (χ4n) is 2.02. The van der Waals surface area contributed by atoms with Crippen molar-refractivity contribution in [1.29, 1.82) is 0 Å². The average molecular weight is 308 g/mol. The van der Waals surface area contributed by atoms with Gasteiger partial charge in [0.05, 0.1) is 6.54 Å². The van der Waals surface area contributed by atoms with E-state index in [0.29, 0.717) is 0 Å². The van der Waals surface area contributed by atoms with E-state index in [1.807, 2.05) is 0 Å². The van der Waals surface area contributed by atoms with E-state index >= 15 is 0 Å². The Morgan fingerprint density at radius 1 is 1.42 bits per heavy atom. The lowest BCUT2D eigenvalue weighted by atomic mass is 10.1. The van der Waals surface area contributed by atoms with Gasteiger partial charge in [-0.1, -0.05) is 0 Å². The van der Waals surface area contributed by atoms with Crippen LogP contribution in [0, 0.1) is 0 Å². The van der Waals surface area contributed by atoms with Crippen LogP contribution in [-0.4, -0.2) is 41.6 Å². The second-order valence-electron chi connectivity index (χ2n) is 4.11. The van der Waals surface area contributed by atoms with Gasteiger partial charge < -0.3 is 16.0 Å². The summed E-state index contributed by atoms with van der Waals surface area (Å²) in [5, 5.41) is 2.91. The molecule has 1 fully saturated rings. The van der Waals surface area contributed by atoms with Crippen molar-refractivity contribution in [3.05, 3.63) is 18.5 Å². The standard InChI is InChI=1S/C11H17N5O.2ClH/c12-7-10(17)15-9-3-1-6-16(8-9)11-13-4-2-5-14-11;;/h2,4-5,9H,1,3,6-8,12H2,(H,15,17);2*1H. The lowest BCUT2D eigenvalue weighted by Crippen LogP contribution is -2.49. The number of carbonyl (C=O) groups excluding carboxylic acids is 1. The molecular weight excluding hydrogens is 289 g/mol. The van der Waals surface area contributed by atoms with Crippen molar-refractivity contribution >= 4 is 36.7 Å². The molecule has 0 saturated carbocycles. The average Bonchev–Trinajstić information content (AvgIpc) is 2.40. The van der Waals surface area contributed by atoms with Crippen molar-refractivity contribution in [1.82, 2.24) is 15.3 Å². The zero-order chi connectivity index (χ0) is 12.1. The number of nitrogens with zero attached hydrogens (tertiary/aromatic N) is 3. The predicted molar refractivity (Wildman–Crippen MR) is 79.0 cm³/mol. The van der Waals surface area contributed by atoms with E-state index in [-0.39, 0.29) is 43.3 Å². The Balaban J connectivity index is 0.00000162. The summed E-state index contributed by atoms with van der Waals surface area (Å²) < 4.78 is 0. The Morgan fingerprint density at radius 3 is 2.74 bits per heavy atom. The maximum atomic E-state index is 11.2. The molecular formula is C11H19Cl2N5O. The number of hydrogen-bond donors (Lipinski definition) is 2. The molecule has 0 aliphatic carbocycles. The molecule has 1 aromatic heterocycles. The van der Waals surface area contributed by atoms with Crippen molar-refractivity contribution in [3.8, 4) is 0 Å². The molecule has 1 aliphatic rings. The van der Waals surface area contributed by atoms with E-state index in [4.69, 9.17) is 5.73 Å². The molecule has 2 rings (SSSR count). The second kappa shape index (κ2) is 8.90. The van der Waals surface area contributed by atoms with Crippen LogP contribution in [0.4, 0.5) is 5.95 Å². The van der Waals surface area contributed by atoms with Gasteiger partial charge in [-0.15, -0.1) is 24.8 Å². The number of anilines is 1. The molecule has 6 nitrogen and oxygen atoms in total. The molecule has 19 heavy (non-hydrogen) atoms. The van der Waals surface area contributed by atoms with E-state index in [1.54, 1.807) is 18.5 Å². The molecule has 1 atom stereocenters. The Labute approximate surface area is 125 Å². The molecule has 108 valence electrons. The highest BCUT2D eigenvalue weighted by Crippen LogP contribution is 2.14. The summed E-state index contributed by atoms with van der Waals surface area (Å²) in [6, 6.07) is 1.94. The predicted octanol–water partition coefficient (Wildman–Crippen LogP) is 0.364. The van der Waals surface area contributed by atoms with Crippen LogP contribution < -0.4 is 16.0 Å². The highest BCUT2D eigenvalue weighted by atomic mass is 35.5. The molecule has 0 spiro atoms. The van der Waals surface area contributed by atoms with E-state index < -0.39 is 0 Å². The zero-order valence-corrected chi connectivity index (χ0v) is 12.1. The van der Waals surface area contributed by atoms with Gasteiger partial charge in [0.2, 0.25) is 11.9 Å². The molecule has 0 bridgehead atoms. The van der Waals surface area contributed by atoms with Gasteiger partial charge in [0.25, 0.3) is 0 Å². The van der Waals surface area contributed by atoms with Crippen molar-refractivity contribution in [2.24, 2.45) is 5.73 Å². The minimum Gasteiger partial charge on any atom is -0.350 e. The van der Waals surface area contributed by atoms with Crippen molar-refractivity contribution < 1.29 is 4.79 Å². The number of amides is 1. The van der Waals surface area contributed by atoms with Gasteiger partial charge >= 0.3 is 0 Å². The van der Waals surface area contributed by atoms with Crippen molar-refractivity contribution in [2.45, 2.75) is 18.9 Å². The number of hydrogen-bond acceptors (Lipinski definition) is 5. The summed E-state index contributed by atoms with van der Waals surface area (Å²) >= 11 is 0. The van der Waals surface area contributed by atoms with Crippen LogP contribution in [-0.2, 0) is 4.79 Å². The fourth-order valence-corrected chi connectivity index (χ4v) is 2.02.